The van der Waals surface area contributed by atoms with Crippen molar-refractivity contribution in [3.05, 3.63) is 53.5 Å². The van der Waals surface area contributed by atoms with E-state index in [0.29, 0.717) is 11.5 Å². The fourth-order valence-electron chi connectivity index (χ4n) is 3.62. The smallest absolute Gasteiger partial charge is 0.280 e. The second-order valence-electron chi connectivity index (χ2n) is 8.63. The lowest BCUT2D eigenvalue weighted by molar-refractivity contribution is 0.100. The number of methoxy groups -OCH3 is 1. The van der Waals surface area contributed by atoms with Crippen LogP contribution in [0.3, 0.4) is 0 Å². The van der Waals surface area contributed by atoms with Crippen LogP contribution in [0.2, 0.25) is 0 Å². The predicted molar refractivity (Wildman–Crippen MR) is 141 cm³/mol. The first kappa shape index (κ1) is 26.2. The molecule has 0 spiro atoms. The van der Waals surface area contributed by atoms with Crippen LogP contribution < -0.4 is 15.8 Å². The second-order valence-corrected chi connectivity index (χ2v) is 9.66. The normalized spacial score (nSPS) is 17.1. The minimum Gasteiger partial charge on any atom is -0.494 e. The van der Waals surface area contributed by atoms with Gasteiger partial charge < -0.3 is 20.7 Å². The molecule has 1 aliphatic carbocycles. The fraction of sp³-hybridized carbons (Fsp3) is 0.308. The van der Waals surface area contributed by atoms with E-state index in [1.54, 1.807) is 18.2 Å². The van der Waals surface area contributed by atoms with Gasteiger partial charge >= 0.3 is 0 Å². The lowest BCUT2D eigenvalue weighted by atomic mass is 9.95. The Balaban J connectivity index is 1.75. The molecule has 2 heterocycles. The number of aromatic nitrogens is 1. The van der Waals surface area contributed by atoms with Crippen LogP contribution in [0.4, 0.5) is 8.78 Å². The molecule has 2 aromatic rings. The molecule has 1 aromatic carbocycles. The van der Waals surface area contributed by atoms with E-state index < -0.39 is 18.0 Å². The third kappa shape index (κ3) is 6.27. The summed E-state index contributed by atoms with van der Waals surface area (Å²) >= 11 is 0.790. The molecule has 1 atom stereocenters. The summed E-state index contributed by atoms with van der Waals surface area (Å²) in [5, 5.41) is 11.1. The molecule has 0 bridgehead atoms. The van der Waals surface area contributed by atoms with Gasteiger partial charge in [-0.2, -0.15) is 4.99 Å². The number of nitrogens with two attached hydrogens (primary N) is 1. The Kier molecular flexibility index (Phi) is 7.78. The van der Waals surface area contributed by atoms with Gasteiger partial charge in [0, 0.05) is 30.3 Å². The highest BCUT2D eigenvalue weighted by molar-refractivity contribution is 8.26. The molecule has 8 nitrogen and oxygen atoms in total. The van der Waals surface area contributed by atoms with Crippen LogP contribution in [-0.4, -0.2) is 46.3 Å². The molecule has 1 aliphatic heterocycles. The Labute approximate surface area is 217 Å². The summed E-state index contributed by atoms with van der Waals surface area (Å²) in [7, 11) is 3.32. The van der Waals surface area contributed by atoms with Gasteiger partial charge in [0.05, 0.1) is 25.2 Å². The van der Waals surface area contributed by atoms with E-state index in [1.165, 1.54) is 19.4 Å². The molecule has 1 aromatic heterocycles. The molecule has 1 unspecified atom stereocenters. The Morgan fingerprint density at radius 1 is 1.35 bits per heavy atom. The third-order valence-electron chi connectivity index (χ3n) is 5.88. The lowest BCUT2D eigenvalue weighted by Crippen LogP contribution is -2.29. The van der Waals surface area contributed by atoms with Crippen molar-refractivity contribution in [2.45, 2.75) is 32.4 Å². The Hall–Kier alpha value is -3.91. The summed E-state index contributed by atoms with van der Waals surface area (Å²) in [6.45, 7) is 1.99. The number of thioether (sulfide) groups is 1. The largest absolute Gasteiger partial charge is 0.494 e. The number of nitrogens with one attached hydrogen (secondary N) is 2. The number of hydrogen-bond donors (Lipinski definition) is 3. The fourth-order valence-corrected chi connectivity index (χ4v) is 4.07. The molecule has 1 saturated carbocycles. The van der Waals surface area contributed by atoms with Gasteiger partial charge in [0.2, 0.25) is 0 Å². The van der Waals surface area contributed by atoms with Crippen LogP contribution in [-0.2, 0) is 0 Å². The maximum absolute atomic E-state index is 13.5. The van der Waals surface area contributed by atoms with Crippen LogP contribution in [0.15, 0.2) is 41.7 Å². The number of nitrogens with zero attached hydrogens (tertiary/aromatic N) is 3. The highest BCUT2D eigenvalue weighted by atomic mass is 32.2. The predicted octanol–water partition coefficient (Wildman–Crippen LogP) is 4.45. The number of carbonyl (C=O) groups excluding carboxylic acids is 1. The number of rotatable bonds is 5. The maximum Gasteiger partial charge on any atom is 0.280 e. The van der Waals surface area contributed by atoms with Gasteiger partial charge in [-0.25, -0.2) is 8.78 Å². The number of amidine groups is 1. The van der Waals surface area contributed by atoms with Crippen LogP contribution in [0.1, 0.15) is 47.8 Å². The highest BCUT2D eigenvalue weighted by Crippen LogP contribution is 2.37. The van der Waals surface area contributed by atoms with Gasteiger partial charge in [-0.3, -0.25) is 15.2 Å². The number of hydrogen-bond acceptors (Lipinski definition) is 7. The van der Waals surface area contributed by atoms with Crippen molar-refractivity contribution in [3.63, 3.8) is 0 Å². The Bertz CT molecular complexity index is 1360. The van der Waals surface area contributed by atoms with Gasteiger partial charge in [-0.1, -0.05) is 12.0 Å². The summed E-state index contributed by atoms with van der Waals surface area (Å²) in [6, 6.07) is 6.23. The summed E-state index contributed by atoms with van der Waals surface area (Å²) < 4.78 is 32.4. The highest BCUT2D eigenvalue weighted by Gasteiger charge is 2.23. The third-order valence-corrected chi connectivity index (χ3v) is 6.48. The molecule has 4 rings (SSSR count). The number of amides is 1. The van der Waals surface area contributed by atoms with Crippen molar-refractivity contribution >= 4 is 33.6 Å². The van der Waals surface area contributed by atoms with Crippen LogP contribution in [0, 0.1) is 23.2 Å². The average molecular weight is 525 g/mol. The van der Waals surface area contributed by atoms with Crippen molar-refractivity contribution in [1.29, 1.82) is 5.41 Å². The lowest BCUT2D eigenvalue weighted by Gasteiger charge is -2.16. The van der Waals surface area contributed by atoms with Crippen LogP contribution in [0.5, 0.6) is 5.75 Å². The van der Waals surface area contributed by atoms with E-state index in [4.69, 9.17) is 15.9 Å². The van der Waals surface area contributed by atoms with Crippen molar-refractivity contribution < 1.29 is 18.3 Å². The number of halogens is 2. The average Bonchev–Trinajstić information content (AvgIpc) is 3.64. The maximum atomic E-state index is 13.5. The van der Waals surface area contributed by atoms with Gasteiger partial charge in [0.15, 0.2) is 5.17 Å². The van der Waals surface area contributed by atoms with Crippen molar-refractivity contribution in [2.24, 2.45) is 16.6 Å². The van der Waals surface area contributed by atoms with E-state index in [0.717, 1.165) is 35.9 Å². The van der Waals surface area contributed by atoms with Crippen molar-refractivity contribution in [1.82, 2.24) is 15.2 Å². The van der Waals surface area contributed by atoms with E-state index in [2.05, 4.69) is 27.1 Å². The molecule has 1 fully saturated rings. The van der Waals surface area contributed by atoms with Crippen molar-refractivity contribution in [3.8, 4) is 28.7 Å². The van der Waals surface area contributed by atoms with Crippen LogP contribution in [0.25, 0.3) is 16.8 Å². The molecular weight excluding hydrogens is 498 g/mol. The van der Waals surface area contributed by atoms with Gasteiger partial charge in [-0.05, 0) is 66.8 Å². The number of pyridine rings is 1. The molecule has 192 valence electrons. The van der Waals surface area contributed by atoms with Gasteiger partial charge in [-0.15, -0.1) is 0 Å². The summed E-state index contributed by atoms with van der Waals surface area (Å²) in [5.74, 6) is 5.53. The van der Waals surface area contributed by atoms with E-state index in [1.807, 2.05) is 25.1 Å². The second kappa shape index (κ2) is 11.0. The minimum absolute atomic E-state index is 0.00798. The zero-order chi connectivity index (χ0) is 26.7. The first-order valence-corrected chi connectivity index (χ1v) is 12.3. The molecule has 11 heteroatoms. The minimum atomic E-state index is -2.81. The molecule has 0 saturated heterocycles. The molecule has 37 heavy (non-hydrogen) atoms. The number of aliphatic imine (C=N–C) groups is 1. The molecule has 4 N–H and O–H groups in total. The first-order valence-electron chi connectivity index (χ1n) is 11.5. The molecule has 0 radical (unpaired) electrons. The number of ether oxygens (including phenoxy) is 1. The van der Waals surface area contributed by atoms with Gasteiger partial charge in [0.25, 0.3) is 12.3 Å². The van der Waals surface area contributed by atoms with E-state index >= 15 is 0 Å². The monoisotopic (exact) mass is 524 g/mol. The zero-order valence-corrected chi connectivity index (χ0v) is 21.3. The molecule has 2 aliphatic rings. The molecular formula is C26H26F2N6O2S. The number of carbonyl (C=O) groups is 1. The van der Waals surface area contributed by atoms with E-state index in [9.17, 15) is 13.6 Å². The van der Waals surface area contributed by atoms with E-state index in [-0.39, 0.29) is 33.3 Å². The van der Waals surface area contributed by atoms with Crippen molar-refractivity contribution in [2.75, 3.05) is 14.2 Å². The SMILES string of the molecule is COc1cnc(C(F)F)cc1-c1cc(C2=CN(C)C(C)N2)ccc1C(=O)N=C(N)SC(=N)C#CC1CC1. The first-order chi connectivity index (χ1) is 17.7. The standard InChI is InChI=1S/C26H26F2N6O2S/c1-14-32-21(13-34(14)2)16-7-8-17(25(35)33-26(30)37-23(29)9-6-15-4-5-15)18(10-16)19-11-20(24(27)28)31-12-22(19)36-3/h7-8,10-15,24,29,32H,4-5H2,1-3H3,(H2,30,33,35). The van der Waals surface area contributed by atoms with Crippen LogP contribution >= 0.6 is 11.8 Å². The summed E-state index contributed by atoms with van der Waals surface area (Å²) in [5.41, 5.74) is 7.75. The Morgan fingerprint density at radius 3 is 2.73 bits per heavy atom. The summed E-state index contributed by atoms with van der Waals surface area (Å²) in [6.07, 6.45) is 2.42. The van der Waals surface area contributed by atoms with Gasteiger partial charge in [0.1, 0.15) is 16.5 Å². The Morgan fingerprint density at radius 2 is 2.11 bits per heavy atom. The summed E-state index contributed by atoms with van der Waals surface area (Å²) in [4.78, 5) is 22.9. The zero-order valence-electron chi connectivity index (χ0n) is 20.5. The topological polar surface area (TPSA) is 117 Å². The molecule has 1 amide bonds. The number of benzene rings is 1. The number of alkyl halides is 2. The quantitative estimate of drug-likeness (QED) is 0.301.